The van der Waals surface area contributed by atoms with Crippen LogP contribution >= 0.6 is 11.6 Å². The molecule has 5 heteroatoms. The highest BCUT2D eigenvalue weighted by atomic mass is 35.5. The third kappa shape index (κ3) is 2.21. The molecule has 1 aliphatic rings. The second kappa shape index (κ2) is 4.90. The SMILES string of the molecule is O=C(O)OC1=Cc2c(Cl)cccc2Oc2ccccc21. The lowest BCUT2D eigenvalue weighted by atomic mass is 10.1. The summed E-state index contributed by atoms with van der Waals surface area (Å²) in [7, 11) is 0. The van der Waals surface area contributed by atoms with Crippen LogP contribution in [0, 0.1) is 0 Å². The molecule has 0 unspecified atom stereocenters. The predicted octanol–water partition coefficient (Wildman–Crippen LogP) is 4.64. The largest absolute Gasteiger partial charge is 0.511 e. The zero-order valence-corrected chi connectivity index (χ0v) is 10.9. The van der Waals surface area contributed by atoms with Crippen LogP contribution in [0.2, 0.25) is 5.02 Å². The van der Waals surface area contributed by atoms with Gasteiger partial charge in [-0.1, -0.05) is 29.8 Å². The lowest BCUT2D eigenvalue weighted by molar-refractivity contribution is 0.135. The van der Waals surface area contributed by atoms with E-state index < -0.39 is 6.16 Å². The van der Waals surface area contributed by atoms with E-state index in [1.807, 2.05) is 0 Å². The van der Waals surface area contributed by atoms with Crippen LogP contribution in [0.1, 0.15) is 11.1 Å². The lowest BCUT2D eigenvalue weighted by Crippen LogP contribution is -1.99. The standard InChI is InChI=1S/C15H9ClO4/c16-11-5-3-7-13-10(11)8-14(20-15(17)18)9-4-1-2-6-12(9)19-13/h1-8H,(H,17,18). The fourth-order valence-electron chi connectivity index (χ4n) is 2.01. The van der Waals surface area contributed by atoms with Crippen molar-refractivity contribution in [1.29, 1.82) is 0 Å². The fraction of sp³-hybridized carbons (Fsp3) is 0. The summed E-state index contributed by atoms with van der Waals surface area (Å²) in [6, 6.07) is 12.3. The number of halogens is 1. The first-order valence-corrected chi connectivity index (χ1v) is 6.21. The van der Waals surface area contributed by atoms with E-state index in [1.165, 1.54) is 0 Å². The second-order valence-electron chi connectivity index (χ2n) is 4.13. The van der Waals surface area contributed by atoms with Crippen molar-refractivity contribution in [3.8, 4) is 11.5 Å². The molecule has 1 heterocycles. The molecule has 4 nitrogen and oxygen atoms in total. The van der Waals surface area contributed by atoms with Gasteiger partial charge in [0.05, 0.1) is 10.6 Å². The number of para-hydroxylation sites is 1. The Balaban J connectivity index is 2.23. The normalized spacial score (nSPS) is 12.3. The zero-order valence-electron chi connectivity index (χ0n) is 10.2. The topological polar surface area (TPSA) is 55.8 Å². The average Bonchev–Trinajstić information content (AvgIpc) is 2.56. The molecule has 0 saturated heterocycles. The van der Waals surface area contributed by atoms with Crippen molar-refractivity contribution in [2.75, 3.05) is 0 Å². The molecule has 0 aromatic heterocycles. The quantitative estimate of drug-likeness (QED) is 0.777. The minimum Gasteiger partial charge on any atom is -0.456 e. The maximum atomic E-state index is 10.8. The molecule has 1 aliphatic heterocycles. The highest BCUT2D eigenvalue weighted by molar-refractivity contribution is 6.32. The van der Waals surface area contributed by atoms with Crippen LogP contribution in [0.15, 0.2) is 42.5 Å². The van der Waals surface area contributed by atoms with Gasteiger partial charge < -0.3 is 14.6 Å². The van der Waals surface area contributed by atoms with E-state index in [1.54, 1.807) is 48.5 Å². The van der Waals surface area contributed by atoms with Crippen molar-refractivity contribution in [3.05, 3.63) is 58.6 Å². The predicted molar refractivity (Wildman–Crippen MR) is 74.9 cm³/mol. The Morgan fingerprint density at radius 1 is 1.10 bits per heavy atom. The van der Waals surface area contributed by atoms with E-state index in [0.29, 0.717) is 27.6 Å². The Kier molecular flexibility index (Phi) is 3.08. The molecule has 100 valence electrons. The molecule has 3 rings (SSSR count). The summed E-state index contributed by atoms with van der Waals surface area (Å²) in [6.45, 7) is 0. The lowest BCUT2D eigenvalue weighted by Gasteiger charge is -2.09. The molecule has 0 radical (unpaired) electrons. The van der Waals surface area contributed by atoms with Gasteiger partial charge in [-0.2, -0.15) is 0 Å². The summed E-state index contributed by atoms with van der Waals surface area (Å²) in [4.78, 5) is 10.8. The number of benzene rings is 2. The van der Waals surface area contributed by atoms with Crippen molar-refractivity contribution in [1.82, 2.24) is 0 Å². The number of hydrogen-bond acceptors (Lipinski definition) is 3. The molecule has 0 spiro atoms. The summed E-state index contributed by atoms with van der Waals surface area (Å²) in [6.07, 6.45) is 0.180. The number of hydrogen-bond donors (Lipinski definition) is 1. The van der Waals surface area contributed by atoms with Gasteiger partial charge in [-0.25, -0.2) is 4.79 Å². The van der Waals surface area contributed by atoms with E-state index >= 15 is 0 Å². The van der Waals surface area contributed by atoms with Crippen LogP contribution < -0.4 is 4.74 Å². The first kappa shape index (κ1) is 12.6. The molecule has 1 N–H and O–H groups in total. The van der Waals surface area contributed by atoms with Crippen molar-refractivity contribution in [2.45, 2.75) is 0 Å². The molecule has 0 atom stereocenters. The zero-order chi connectivity index (χ0) is 14.1. The number of ether oxygens (including phenoxy) is 2. The van der Waals surface area contributed by atoms with E-state index in [-0.39, 0.29) is 5.76 Å². The molecule has 0 amide bonds. The van der Waals surface area contributed by atoms with Gasteiger partial charge in [-0.3, -0.25) is 0 Å². The van der Waals surface area contributed by atoms with Crippen LogP contribution in [0.4, 0.5) is 4.79 Å². The second-order valence-corrected chi connectivity index (χ2v) is 4.53. The first-order valence-electron chi connectivity index (χ1n) is 5.83. The Morgan fingerprint density at radius 2 is 1.85 bits per heavy atom. The van der Waals surface area contributed by atoms with Crippen LogP contribution in [-0.4, -0.2) is 11.3 Å². The molecular formula is C15H9ClO4. The number of carboxylic acid groups (broad SMARTS) is 1. The molecule has 2 aromatic rings. The first-order chi connectivity index (χ1) is 9.65. The Hall–Kier alpha value is -2.46. The van der Waals surface area contributed by atoms with Gasteiger partial charge >= 0.3 is 6.16 Å². The number of carbonyl (C=O) groups is 1. The van der Waals surface area contributed by atoms with Gasteiger partial charge in [0.1, 0.15) is 17.3 Å². The maximum absolute atomic E-state index is 10.8. The Bertz CT molecular complexity index is 722. The van der Waals surface area contributed by atoms with Gasteiger partial charge in [-0.15, -0.1) is 0 Å². The van der Waals surface area contributed by atoms with Crippen molar-refractivity contribution in [3.63, 3.8) is 0 Å². The number of rotatable bonds is 1. The van der Waals surface area contributed by atoms with Crippen LogP contribution in [0.3, 0.4) is 0 Å². The third-order valence-electron chi connectivity index (χ3n) is 2.86. The van der Waals surface area contributed by atoms with Crippen molar-refractivity contribution >= 4 is 29.6 Å². The highest BCUT2D eigenvalue weighted by Gasteiger charge is 2.20. The van der Waals surface area contributed by atoms with E-state index in [2.05, 4.69) is 0 Å². The van der Waals surface area contributed by atoms with Gasteiger partial charge in [0.25, 0.3) is 0 Å². The minimum atomic E-state index is -1.39. The van der Waals surface area contributed by atoms with Crippen LogP contribution in [0.5, 0.6) is 11.5 Å². The monoisotopic (exact) mass is 288 g/mol. The van der Waals surface area contributed by atoms with Crippen molar-refractivity contribution in [2.24, 2.45) is 0 Å². The van der Waals surface area contributed by atoms with Gasteiger partial charge in [0.2, 0.25) is 0 Å². The summed E-state index contributed by atoms with van der Waals surface area (Å²) >= 11 is 6.13. The van der Waals surface area contributed by atoms with Gasteiger partial charge in [-0.05, 0) is 30.3 Å². The smallest absolute Gasteiger partial charge is 0.456 e. The molecule has 2 aromatic carbocycles. The molecule has 0 saturated carbocycles. The molecule has 0 aliphatic carbocycles. The molecule has 20 heavy (non-hydrogen) atoms. The third-order valence-corrected chi connectivity index (χ3v) is 3.19. The van der Waals surface area contributed by atoms with E-state index in [9.17, 15) is 4.79 Å². The highest BCUT2D eigenvalue weighted by Crippen LogP contribution is 2.40. The molecule has 0 fully saturated rings. The number of fused-ring (bicyclic) bond motifs is 2. The van der Waals surface area contributed by atoms with Gasteiger partial charge in [0.15, 0.2) is 0 Å². The Morgan fingerprint density at radius 3 is 2.65 bits per heavy atom. The van der Waals surface area contributed by atoms with Crippen molar-refractivity contribution < 1.29 is 19.4 Å². The average molecular weight is 289 g/mol. The molecular weight excluding hydrogens is 280 g/mol. The van der Waals surface area contributed by atoms with E-state index in [0.717, 1.165) is 0 Å². The maximum Gasteiger partial charge on any atom is 0.511 e. The van der Waals surface area contributed by atoms with Crippen LogP contribution in [0.25, 0.3) is 11.8 Å². The summed E-state index contributed by atoms with van der Waals surface area (Å²) in [5.41, 5.74) is 1.14. The summed E-state index contributed by atoms with van der Waals surface area (Å²) in [5, 5.41) is 9.32. The Labute approximate surface area is 119 Å². The van der Waals surface area contributed by atoms with Crippen LogP contribution in [-0.2, 0) is 4.74 Å². The minimum absolute atomic E-state index is 0.181. The van der Waals surface area contributed by atoms with E-state index in [4.69, 9.17) is 26.2 Å². The summed E-state index contributed by atoms with van der Waals surface area (Å²) in [5.74, 6) is 1.25. The summed E-state index contributed by atoms with van der Waals surface area (Å²) < 4.78 is 10.6. The molecule has 0 bridgehead atoms. The van der Waals surface area contributed by atoms with Gasteiger partial charge in [0, 0.05) is 5.56 Å². The fourth-order valence-corrected chi connectivity index (χ4v) is 2.23.